The average molecular weight is 576 g/mol. The predicted octanol–water partition coefficient (Wildman–Crippen LogP) is 5.64. The van der Waals surface area contributed by atoms with Crippen molar-refractivity contribution in [2.75, 3.05) is 23.7 Å². The average Bonchev–Trinajstić information content (AvgIpc) is 3.58. The molecule has 42 heavy (non-hydrogen) atoms. The maximum absolute atomic E-state index is 14.0. The minimum atomic E-state index is -2.43. The van der Waals surface area contributed by atoms with Crippen LogP contribution in [0.15, 0.2) is 42.4 Å². The van der Waals surface area contributed by atoms with Crippen molar-refractivity contribution in [2.45, 2.75) is 53.0 Å². The van der Waals surface area contributed by atoms with Crippen molar-refractivity contribution in [3.8, 4) is 12.1 Å². The fourth-order valence-electron chi connectivity index (χ4n) is 4.98. The summed E-state index contributed by atoms with van der Waals surface area (Å²) in [6.45, 7) is 8.58. The number of hydrogen-bond acceptors (Lipinski definition) is 9. The number of anilines is 2. The Kier molecular flexibility index (Phi) is 7.60. The van der Waals surface area contributed by atoms with E-state index in [4.69, 9.17) is 0 Å². The van der Waals surface area contributed by atoms with Crippen LogP contribution in [-0.2, 0) is 0 Å². The second kappa shape index (κ2) is 11.0. The summed E-state index contributed by atoms with van der Waals surface area (Å²) < 4.78 is 41.2. The number of hydrazine groups is 2. The molecule has 0 bridgehead atoms. The number of aromatic nitrogens is 2. The molecule has 2 aliphatic rings. The van der Waals surface area contributed by atoms with Gasteiger partial charge in [-0.2, -0.15) is 14.9 Å². The molecular weight excluding hydrogens is 543 g/mol. The van der Waals surface area contributed by atoms with Gasteiger partial charge in [-0.3, -0.25) is 9.99 Å². The van der Waals surface area contributed by atoms with Gasteiger partial charge in [0.1, 0.15) is 12.1 Å². The number of aryl methyl sites for hydroxylation is 1. The number of hydrogen-bond donors (Lipinski definition) is 4. The SMILES string of the molecule is Cc1nc(F)ccc1[C@H](Nc1cc(C#N)c2ncc(C#N)c(NCC(C)(C)C)c2c1)C1=CN(CC2(C(F)F)CC2)NN1. The van der Waals surface area contributed by atoms with Crippen LogP contribution in [0.25, 0.3) is 10.9 Å². The van der Waals surface area contributed by atoms with Crippen LogP contribution in [0.2, 0.25) is 0 Å². The lowest BCUT2D eigenvalue weighted by molar-refractivity contribution is 0.0368. The van der Waals surface area contributed by atoms with Crippen LogP contribution in [0, 0.1) is 46.4 Å². The molecule has 1 atom stereocenters. The zero-order valence-electron chi connectivity index (χ0n) is 23.8. The highest BCUT2D eigenvalue weighted by Crippen LogP contribution is 2.51. The molecule has 1 aliphatic heterocycles. The summed E-state index contributed by atoms with van der Waals surface area (Å²) in [4.78, 5) is 8.39. The van der Waals surface area contributed by atoms with Gasteiger partial charge in [-0.05, 0) is 43.4 Å². The van der Waals surface area contributed by atoms with Gasteiger partial charge >= 0.3 is 0 Å². The maximum Gasteiger partial charge on any atom is 0.245 e. The predicted molar refractivity (Wildman–Crippen MR) is 153 cm³/mol. The van der Waals surface area contributed by atoms with E-state index in [1.807, 2.05) is 6.07 Å². The lowest BCUT2D eigenvalue weighted by atomic mass is 9.96. The van der Waals surface area contributed by atoms with Crippen LogP contribution in [0.3, 0.4) is 0 Å². The smallest absolute Gasteiger partial charge is 0.245 e. The number of alkyl halides is 2. The van der Waals surface area contributed by atoms with E-state index in [2.05, 4.69) is 64.5 Å². The summed E-state index contributed by atoms with van der Waals surface area (Å²) in [5, 5.41) is 28.8. The molecule has 9 nitrogen and oxygen atoms in total. The van der Waals surface area contributed by atoms with Gasteiger partial charge in [0.25, 0.3) is 0 Å². The van der Waals surface area contributed by atoms with E-state index in [1.165, 1.54) is 12.3 Å². The van der Waals surface area contributed by atoms with Crippen molar-refractivity contribution < 1.29 is 13.2 Å². The third kappa shape index (κ3) is 5.90. The van der Waals surface area contributed by atoms with Crippen LogP contribution in [0.5, 0.6) is 0 Å². The summed E-state index contributed by atoms with van der Waals surface area (Å²) in [6, 6.07) is 10.1. The van der Waals surface area contributed by atoms with Crippen LogP contribution >= 0.6 is 0 Å². The van der Waals surface area contributed by atoms with Crippen molar-refractivity contribution in [1.82, 2.24) is 25.9 Å². The number of nitrogens with one attached hydrogen (secondary N) is 4. The second-order valence-electron chi connectivity index (χ2n) is 12.1. The fraction of sp³-hybridized carbons (Fsp3) is 0.400. The Hall–Kier alpha value is -4.55. The minimum absolute atomic E-state index is 0.0860. The Morgan fingerprint density at radius 3 is 2.50 bits per heavy atom. The van der Waals surface area contributed by atoms with Gasteiger partial charge in [0.2, 0.25) is 12.4 Å². The van der Waals surface area contributed by atoms with Gasteiger partial charge in [-0.25, -0.2) is 13.8 Å². The van der Waals surface area contributed by atoms with Crippen molar-refractivity contribution in [3.05, 3.63) is 70.7 Å². The summed E-state index contributed by atoms with van der Waals surface area (Å²) >= 11 is 0. The Balaban J connectivity index is 1.57. The third-order valence-corrected chi connectivity index (χ3v) is 7.51. The molecule has 1 saturated carbocycles. The molecule has 4 N–H and O–H groups in total. The fourth-order valence-corrected chi connectivity index (χ4v) is 4.98. The number of halogens is 3. The normalized spacial score (nSPS) is 16.4. The van der Waals surface area contributed by atoms with Gasteiger partial charge in [0, 0.05) is 47.8 Å². The van der Waals surface area contributed by atoms with Crippen LogP contribution in [0.1, 0.15) is 62.0 Å². The Morgan fingerprint density at radius 1 is 1.14 bits per heavy atom. The van der Waals surface area contributed by atoms with Crippen molar-refractivity contribution in [1.29, 1.82) is 10.5 Å². The first kappa shape index (κ1) is 29.0. The molecular formula is C30H32F3N9. The van der Waals surface area contributed by atoms with Gasteiger partial charge in [-0.1, -0.05) is 26.8 Å². The molecule has 3 aromatic rings. The second-order valence-corrected chi connectivity index (χ2v) is 12.1. The lowest BCUT2D eigenvalue weighted by Crippen LogP contribution is -2.41. The first-order chi connectivity index (χ1) is 19.9. The molecule has 3 heterocycles. The zero-order valence-corrected chi connectivity index (χ0v) is 23.8. The molecule has 2 aromatic heterocycles. The topological polar surface area (TPSA) is 125 Å². The molecule has 0 unspecified atom stereocenters. The maximum atomic E-state index is 14.0. The number of pyridine rings is 2. The van der Waals surface area contributed by atoms with Crippen LogP contribution < -0.4 is 21.6 Å². The standard InChI is InChI=1S/C30H32F3N9/c1-17-21(5-6-24(31)38-17)27(23-14-42(41-40-23)16-30(7-8-30)28(32)33)39-20-9-18(11-34)25-22(10-20)26(19(12-35)13-36-25)37-15-29(2,3)4/h5-6,9-10,13-14,27-28,39-41H,7-8,15-16H2,1-4H3,(H,36,37)/t27-/m0/s1. The van der Waals surface area contributed by atoms with E-state index in [9.17, 15) is 23.7 Å². The van der Waals surface area contributed by atoms with Gasteiger partial charge < -0.3 is 16.1 Å². The molecule has 0 saturated heterocycles. The largest absolute Gasteiger partial charge is 0.383 e. The number of rotatable bonds is 9. The molecule has 0 spiro atoms. The van der Waals surface area contributed by atoms with E-state index in [1.54, 1.807) is 30.3 Å². The van der Waals surface area contributed by atoms with Crippen molar-refractivity contribution in [2.24, 2.45) is 10.8 Å². The summed E-state index contributed by atoms with van der Waals surface area (Å²) in [7, 11) is 0. The summed E-state index contributed by atoms with van der Waals surface area (Å²) in [6.07, 6.45) is 1.64. The molecule has 5 rings (SSSR count). The van der Waals surface area contributed by atoms with E-state index in [0.29, 0.717) is 69.7 Å². The highest BCUT2D eigenvalue weighted by molar-refractivity contribution is 5.99. The minimum Gasteiger partial charge on any atom is -0.383 e. The molecule has 0 amide bonds. The molecule has 0 radical (unpaired) electrons. The van der Waals surface area contributed by atoms with Crippen LogP contribution in [0.4, 0.5) is 24.5 Å². The van der Waals surface area contributed by atoms with Gasteiger partial charge in [-0.15, -0.1) is 5.53 Å². The highest BCUT2D eigenvalue weighted by Gasteiger charge is 2.52. The van der Waals surface area contributed by atoms with E-state index < -0.39 is 23.8 Å². The first-order valence-electron chi connectivity index (χ1n) is 13.6. The van der Waals surface area contributed by atoms with Crippen molar-refractivity contribution in [3.63, 3.8) is 0 Å². The number of fused-ring (bicyclic) bond motifs is 1. The molecule has 1 aliphatic carbocycles. The van der Waals surface area contributed by atoms with Gasteiger partial charge in [0.15, 0.2) is 0 Å². The Bertz CT molecular complexity index is 1630. The van der Waals surface area contributed by atoms with Gasteiger partial charge in [0.05, 0.1) is 39.5 Å². The summed E-state index contributed by atoms with van der Waals surface area (Å²) in [5.74, 6) is -0.627. The Morgan fingerprint density at radius 2 is 1.88 bits per heavy atom. The lowest BCUT2D eigenvalue weighted by Gasteiger charge is -2.24. The zero-order chi connectivity index (χ0) is 30.2. The third-order valence-electron chi connectivity index (χ3n) is 7.51. The quantitative estimate of drug-likeness (QED) is 0.240. The molecule has 12 heteroatoms. The molecule has 1 aromatic carbocycles. The van der Waals surface area contributed by atoms with E-state index in [-0.39, 0.29) is 12.0 Å². The van der Waals surface area contributed by atoms with E-state index in [0.717, 1.165) is 0 Å². The highest BCUT2D eigenvalue weighted by atomic mass is 19.3. The summed E-state index contributed by atoms with van der Waals surface area (Å²) in [5.41, 5.74) is 8.74. The van der Waals surface area contributed by atoms with E-state index >= 15 is 0 Å². The van der Waals surface area contributed by atoms with Crippen LogP contribution in [-0.4, -0.2) is 34.5 Å². The number of benzene rings is 1. The van der Waals surface area contributed by atoms with Crippen molar-refractivity contribution >= 4 is 22.3 Å². The molecule has 1 fully saturated rings. The Labute approximate surface area is 242 Å². The first-order valence-corrected chi connectivity index (χ1v) is 13.6. The molecule has 218 valence electrons. The number of nitrogens with zero attached hydrogens (tertiary/aromatic N) is 5. The number of nitriles is 2. The monoisotopic (exact) mass is 575 g/mol.